The van der Waals surface area contributed by atoms with Gasteiger partial charge in [0, 0.05) is 36.2 Å². The van der Waals surface area contributed by atoms with Crippen LogP contribution in [-0.4, -0.2) is 69.5 Å². The molecule has 14 heteroatoms. The molecule has 0 spiro atoms. The Labute approximate surface area is 268 Å². The number of aryl methyl sites for hydroxylation is 1. The van der Waals surface area contributed by atoms with E-state index in [2.05, 4.69) is 31.6 Å². The fourth-order valence-corrected chi connectivity index (χ4v) is 7.30. The first-order chi connectivity index (χ1) is 21.1. The summed E-state index contributed by atoms with van der Waals surface area (Å²) < 4.78 is 51.2. The van der Waals surface area contributed by atoms with Crippen LogP contribution in [-0.2, 0) is 33.0 Å². The average Bonchev–Trinajstić information content (AvgIpc) is 2.94. The van der Waals surface area contributed by atoms with E-state index in [1.54, 1.807) is 31.3 Å². The summed E-state index contributed by atoms with van der Waals surface area (Å²) in [5.74, 6) is 0.726. The number of carbonyl (C=O) groups excluding carboxylic acids is 1. The fourth-order valence-electron chi connectivity index (χ4n) is 5.31. The number of aliphatic imine (C=N–C) groups is 1. The van der Waals surface area contributed by atoms with Gasteiger partial charge in [0.1, 0.15) is 5.84 Å². The molecule has 238 valence electrons. The number of sulfonamides is 2. The first-order valence-corrected chi connectivity index (χ1v) is 18.8. The minimum Gasteiger partial charge on any atom is -0.326 e. The number of amidine groups is 1. The Balaban J connectivity index is 1.51. The summed E-state index contributed by atoms with van der Waals surface area (Å²) in [6, 6.07) is 20.4. The number of hydrazone groups is 1. The van der Waals surface area contributed by atoms with Gasteiger partial charge in [-0.3, -0.25) is 19.2 Å². The second kappa shape index (κ2) is 12.5. The standard InChI is InChI=1S/C31H36N6O5S3/c1-31(2)28(33-36(3)30(38)43-31)24-12-17-27-23(19-24)7-6-18-37(27)29(22-10-15-26(16-11-22)35-45(5,41)42)32-20-21-8-13-25(14-9-21)34-44(4,39)40/h8-17,19,34-35H,6-7,18,20H2,1-5H3/b32-29-. The highest BCUT2D eigenvalue weighted by atomic mass is 32.2. The van der Waals surface area contributed by atoms with Crippen LogP contribution in [0.3, 0.4) is 0 Å². The third kappa shape index (κ3) is 8.05. The Morgan fingerprint density at radius 1 is 0.933 bits per heavy atom. The molecule has 11 nitrogen and oxygen atoms in total. The van der Waals surface area contributed by atoms with E-state index in [9.17, 15) is 21.6 Å². The topological polar surface area (TPSA) is 141 Å². The van der Waals surface area contributed by atoms with Crippen LogP contribution in [0.25, 0.3) is 0 Å². The zero-order valence-electron chi connectivity index (χ0n) is 25.7. The van der Waals surface area contributed by atoms with Gasteiger partial charge in [-0.25, -0.2) is 21.8 Å². The molecule has 3 aromatic carbocycles. The molecule has 2 aliphatic rings. The van der Waals surface area contributed by atoms with E-state index in [0.717, 1.165) is 71.4 Å². The van der Waals surface area contributed by atoms with Crippen molar-refractivity contribution in [1.29, 1.82) is 0 Å². The number of benzene rings is 3. The molecular weight excluding hydrogens is 633 g/mol. The van der Waals surface area contributed by atoms with E-state index in [1.165, 1.54) is 16.8 Å². The summed E-state index contributed by atoms with van der Waals surface area (Å²) in [6.07, 6.45) is 3.97. The Kier molecular flexibility index (Phi) is 9.02. The van der Waals surface area contributed by atoms with Gasteiger partial charge < -0.3 is 4.90 Å². The highest BCUT2D eigenvalue weighted by molar-refractivity contribution is 8.15. The Morgan fingerprint density at radius 2 is 1.53 bits per heavy atom. The van der Waals surface area contributed by atoms with Crippen LogP contribution < -0.4 is 14.3 Å². The lowest BCUT2D eigenvalue weighted by molar-refractivity contribution is 0.234. The maximum Gasteiger partial charge on any atom is 0.302 e. The van der Waals surface area contributed by atoms with Crippen LogP contribution in [0.15, 0.2) is 76.8 Å². The summed E-state index contributed by atoms with van der Waals surface area (Å²) in [5.41, 5.74) is 6.59. The van der Waals surface area contributed by atoms with Crippen molar-refractivity contribution in [3.05, 3.63) is 89.0 Å². The molecular formula is C31H36N6O5S3. The first-order valence-electron chi connectivity index (χ1n) is 14.2. The minimum absolute atomic E-state index is 0.0900. The smallest absolute Gasteiger partial charge is 0.302 e. The Hall–Kier alpha value is -3.88. The molecule has 0 bridgehead atoms. The fraction of sp³-hybridized carbons (Fsp3) is 0.323. The molecule has 0 saturated carbocycles. The van der Waals surface area contributed by atoms with E-state index in [1.807, 2.05) is 44.2 Å². The van der Waals surface area contributed by atoms with Crippen molar-refractivity contribution >= 4 is 65.7 Å². The third-order valence-electron chi connectivity index (χ3n) is 7.27. The highest BCUT2D eigenvalue weighted by Crippen LogP contribution is 2.37. The molecule has 0 aliphatic carbocycles. The van der Waals surface area contributed by atoms with E-state index in [-0.39, 0.29) is 5.24 Å². The van der Waals surface area contributed by atoms with E-state index >= 15 is 0 Å². The summed E-state index contributed by atoms with van der Waals surface area (Å²) in [5, 5.41) is 5.91. The highest BCUT2D eigenvalue weighted by Gasteiger charge is 2.37. The third-order valence-corrected chi connectivity index (χ3v) is 9.62. The lowest BCUT2D eigenvalue weighted by Gasteiger charge is -2.35. The molecule has 0 fully saturated rings. The van der Waals surface area contributed by atoms with Gasteiger partial charge in [0.05, 0.1) is 29.5 Å². The summed E-state index contributed by atoms with van der Waals surface area (Å²) in [4.78, 5) is 19.5. The van der Waals surface area contributed by atoms with Gasteiger partial charge in [0.25, 0.3) is 0 Å². The van der Waals surface area contributed by atoms with Gasteiger partial charge in [-0.05, 0) is 91.9 Å². The number of anilines is 3. The maximum atomic E-state index is 12.3. The minimum atomic E-state index is -3.43. The molecule has 5 rings (SSSR count). The van der Waals surface area contributed by atoms with E-state index in [0.29, 0.717) is 17.9 Å². The van der Waals surface area contributed by atoms with Crippen molar-refractivity contribution in [2.45, 2.75) is 38.0 Å². The first kappa shape index (κ1) is 32.5. The van der Waals surface area contributed by atoms with Gasteiger partial charge in [-0.1, -0.05) is 30.0 Å². The molecule has 3 aromatic rings. The van der Waals surface area contributed by atoms with Gasteiger partial charge >= 0.3 is 5.24 Å². The number of hydrogen-bond donors (Lipinski definition) is 2. The second-order valence-corrected chi connectivity index (χ2v) is 16.7. The molecule has 0 atom stereocenters. The number of rotatable bonds is 8. The van der Waals surface area contributed by atoms with Crippen LogP contribution >= 0.6 is 11.8 Å². The second-order valence-electron chi connectivity index (χ2n) is 11.6. The van der Waals surface area contributed by atoms with Crippen molar-refractivity contribution in [1.82, 2.24) is 5.01 Å². The Bertz CT molecular complexity index is 1890. The number of fused-ring (bicyclic) bond motifs is 1. The van der Waals surface area contributed by atoms with Crippen molar-refractivity contribution in [2.24, 2.45) is 10.1 Å². The summed E-state index contributed by atoms with van der Waals surface area (Å²) >= 11 is 1.26. The van der Waals surface area contributed by atoms with Gasteiger partial charge in [-0.15, -0.1) is 0 Å². The average molecular weight is 669 g/mol. The van der Waals surface area contributed by atoms with Crippen molar-refractivity contribution in [2.75, 3.05) is 40.4 Å². The molecule has 2 N–H and O–H groups in total. The number of nitrogens with one attached hydrogen (secondary N) is 2. The van der Waals surface area contributed by atoms with Gasteiger partial charge in [0.2, 0.25) is 20.0 Å². The molecule has 0 radical (unpaired) electrons. The van der Waals surface area contributed by atoms with Crippen LogP contribution in [0.4, 0.5) is 21.9 Å². The van der Waals surface area contributed by atoms with Crippen LogP contribution in [0.5, 0.6) is 0 Å². The number of nitrogens with zero attached hydrogens (tertiary/aromatic N) is 4. The van der Waals surface area contributed by atoms with Crippen molar-refractivity contribution in [3.63, 3.8) is 0 Å². The number of amides is 1. The molecule has 0 aromatic heterocycles. The molecule has 2 heterocycles. The van der Waals surface area contributed by atoms with Crippen molar-refractivity contribution in [3.8, 4) is 0 Å². The number of hydrogen-bond acceptors (Lipinski definition) is 8. The molecule has 0 unspecified atom stereocenters. The van der Waals surface area contributed by atoms with E-state index < -0.39 is 24.8 Å². The van der Waals surface area contributed by atoms with E-state index in [4.69, 9.17) is 4.99 Å². The predicted molar refractivity (Wildman–Crippen MR) is 184 cm³/mol. The summed E-state index contributed by atoms with van der Waals surface area (Å²) in [6.45, 7) is 5.07. The quantitative estimate of drug-likeness (QED) is 0.251. The zero-order chi connectivity index (χ0) is 32.6. The van der Waals surface area contributed by atoms with Crippen LogP contribution in [0.2, 0.25) is 0 Å². The molecule has 0 saturated heterocycles. The lowest BCUT2D eigenvalue weighted by Crippen LogP contribution is -2.40. The monoisotopic (exact) mass is 668 g/mol. The van der Waals surface area contributed by atoms with Gasteiger partial charge in [0.15, 0.2) is 0 Å². The molecule has 45 heavy (non-hydrogen) atoms. The Morgan fingerprint density at radius 3 is 2.13 bits per heavy atom. The van der Waals surface area contributed by atoms with Crippen molar-refractivity contribution < 1.29 is 21.6 Å². The molecule has 2 aliphatic heterocycles. The maximum absolute atomic E-state index is 12.3. The summed E-state index contributed by atoms with van der Waals surface area (Å²) in [7, 11) is -5.14. The SMILES string of the molecule is CN1N=C(c2ccc3c(c2)CCCN3/C(=N\Cc2ccc(NS(C)(=O)=O)cc2)c2ccc(NS(C)(=O)=O)cc2)C(C)(C)SC1=O. The van der Waals surface area contributed by atoms with Gasteiger partial charge in [-0.2, -0.15) is 5.10 Å². The zero-order valence-corrected chi connectivity index (χ0v) is 28.2. The van der Waals surface area contributed by atoms with Crippen LogP contribution in [0.1, 0.15) is 42.5 Å². The van der Waals surface area contributed by atoms with Crippen LogP contribution in [0, 0.1) is 0 Å². The molecule has 1 amide bonds. The predicted octanol–water partition coefficient (Wildman–Crippen LogP) is 5.11. The number of carbonyl (C=O) groups is 1. The number of thioether (sulfide) groups is 1. The lowest BCUT2D eigenvalue weighted by atomic mass is 9.93. The largest absolute Gasteiger partial charge is 0.326 e. The normalized spacial score (nSPS) is 17.0.